The fourth-order valence-electron chi connectivity index (χ4n) is 0.655. The van der Waals surface area contributed by atoms with E-state index in [9.17, 15) is 0 Å². The molecule has 1 saturated heterocycles. The molecular formula is C5H10O4. The lowest BCUT2D eigenvalue weighted by molar-refractivity contribution is -0.400. The van der Waals surface area contributed by atoms with Crippen molar-refractivity contribution in [2.45, 2.75) is 25.6 Å². The van der Waals surface area contributed by atoms with Crippen LogP contribution in [0.1, 0.15) is 6.92 Å². The lowest BCUT2D eigenvalue weighted by Crippen LogP contribution is -2.48. The van der Waals surface area contributed by atoms with Crippen LogP contribution in [0.2, 0.25) is 0 Å². The number of aliphatic hydroxyl groups is 2. The average Bonchev–Trinajstić information content (AvgIpc) is 1.79. The molecule has 0 bridgehead atoms. The van der Waals surface area contributed by atoms with Crippen molar-refractivity contribution in [2.24, 2.45) is 0 Å². The van der Waals surface area contributed by atoms with Crippen molar-refractivity contribution in [3.8, 4) is 0 Å². The fourth-order valence-corrected chi connectivity index (χ4v) is 0.655. The molecule has 0 aromatic heterocycles. The summed E-state index contributed by atoms with van der Waals surface area (Å²) >= 11 is 0. The Morgan fingerprint density at radius 1 is 1.56 bits per heavy atom. The van der Waals surface area contributed by atoms with E-state index in [1.807, 2.05) is 0 Å². The first-order chi connectivity index (χ1) is 4.24. The number of ether oxygens (including phenoxy) is 2. The molecule has 1 fully saturated rings. The maximum absolute atomic E-state index is 8.80. The van der Waals surface area contributed by atoms with E-state index in [0.29, 0.717) is 0 Å². The Hall–Kier alpha value is -0.160. The summed E-state index contributed by atoms with van der Waals surface area (Å²) in [5.41, 5.74) is 0. The predicted octanol–water partition coefficient (Wildman–Crippen LogP) is -0.942. The van der Waals surface area contributed by atoms with Crippen LogP contribution in [0, 0.1) is 0 Å². The van der Waals surface area contributed by atoms with Crippen molar-refractivity contribution < 1.29 is 19.7 Å². The van der Waals surface area contributed by atoms with Gasteiger partial charge in [-0.3, -0.25) is 0 Å². The second-order valence-corrected chi connectivity index (χ2v) is 1.96. The third kappa shape index (κ3) is 1.40. The highest BCUT2D eigenvalue weighted by molar-refractivity contribution is 4.64. The highest BCUT2D eigenvalue weighted by atomic mass is 16.9. The van der Waals surface area contributed by atoms with E-state index in [0.717, 1.165) is 0 Å². The van der Waals surface area contributed by atoms with Gasteiger partial charge in [-0.15, -0.1) is 0 Å². The van der Waals surface area contributed by atoms with Crippen LogP contribution in [0.5, 0.6) is 0 Å². The van der Waals surface area contributed by atoms with E-state index in [4.69, 9.17) is 19.7 Å². The summed E-state index contributed by atoms with van der Waals surface area (Å²) in [6, 6.07) is 0. The van der Waals surface area contributed by atoms with Crippen molar-refractivity contribution in [1.82, 2.24) is 0 Å². The molecule has 1 aliphatic rings. The zero-order chi connectivity index (χ0) is 6.85. The number of aliphatic hydroxyl groups excluding tert-OH is 2. The summed E-state index contributed by atoms with van der Waals surface area (Å²) in [6.07, 6.45) is -1.76. The molecule has 1 atom stereocenters. The molecule has 0 amide bonds. The smallest absolute Gasteiger partial charge is 0.191 e. The summed E-state index contributed by atoms with van der Waals surface area (Å²) in [7, 11) is 0. The van der Waals surface area contributed by atoms with Crippen molar-refractivity contribution in [3.63, 3.8) is 0 Å². The van der Waals surface area contributed by atoms with E-state index >= 15 is 0 Å². The molecule has 1 aliphatic heterocycles. The van der Waals surface area contributed by atoms with Crippen LogP contribution < -0.4 is 0 Å². The molecule has 4 heteroatoms. The zero-order valence-corrected chi connectivity index (χ0v) is 5.15. The highest BCUT2D eigenvalue weighted by Crippen LogP contribution is 2.18. The highest BCUT2D eigenvalue weighted by Gasteiger charge is 2.32. The molecule has 1 heterocycles. The van der Waals surface area contributed by atoms with Crippen molar-refractivity contribution in [1.29, 1.82) is 0 Å². The number of hydrogen-bond acceptors (Lipinski definition) is 4. The second kappa shape index (κ2) is 2.62. The molecule has 0 aliphatic carbocycles. The van der Waals surface area contributed by atoms with Crippen molar-refractivity contribution >= 4 is 0 Å². The third-order valence-corrected chi connectivity index (χ3v) is 1.15. The second-order valence-electron chi connectivity index (χ2n) is 1.96. The topological polar surface area (TPSA) is 58.9 Å². The maximum Gasteiger partial charge on any atom is 0.191 e. The lowest BCUT2D eigenvalue weighted by atomic mass is 10.3. The minimum absolute atomic E-state index is 0.240. The van der Waals surface area contributed by atoms with Gasteiger partial charge in [0.1, 0.15) is 6.10 Å². The van der Waals surface area contributed by atoms with Gasteiger partial charge in [-0.25, -0.2) is 0 Å². The van der Waals surface area contributed by atoms with E-state index < -0.39 is 12.4 Å². The molecule has 0 radical (unpaired) electrons. The van der Waals surface area contributed by atoms with Gasteiger partial charge in [0.05, 0.1) is 6.61 Å². The lowest BCUT2D eigenvalue weighted by Gasteiger charge is -2.35. The minimum Gasteiger partial charge on any atom is -0.393 e. The Balaban J connectivity index is 2.15. The fraction of sp³-hybridized carbons (Fsp3) is 1.00. The largest absolute Gasteiger partial charge is 0.393 e. The van der Waals surface area contributed by atoms with Gasteiger partial charge in [0.15, 0.2) is 12.6 Å². The van der Waals surface area contributed by atoms with Crippen LogP contribution in [-0.2, 0) is 9.47 Å². The van der Waals surface area contributed by atoms with Gasteiger partial charge < -0.3 is 19.7 Å². The Labute approximate surface area is 53.0 Å². The van der Waals surface area contributed by atoms with Crippen LogP contribution in [0.3, 0.4) is 0 Å². The molecule has 4 nitrogen and oxygen atoms in total. The summed E-state index contributed by atoms with van der Waals surface area (Å²) in [6.45, 7) is 1.40. The first kappa shape index (κ1) is 6.95. The third-order valence-electron chi connectivity index (χ3n) is 1.15. The first-order valence-electron chi connectivity index (χ1n) is 2.84. The minimum atomic E-state index is -0.902. The van der Waals surface area contributed by atoms with Crippen LogP contribution in [-0.4, -0.2) is 35.5 Å². The Bertz CT molecular complexity index is 89.0. The molecule has 0 aromatic carbocycles. The molecule has 2 N–H and O–H groups in total. The molecule has 0 aromatic rings. The van der Waals surface area contributed by atoms with Gasteiger partial charge in [0.25, 0.3) is 0 Å². The van der Waals surface area contributed by atoms with Gasteiger partial charge in [0, 0.05) is 0 Å². The van der Waals surface area contributed by atoms with Crippen LogP contribution in [0.4, 0.5) is 0 Å². The molecule has 1 unspecified atom stereocenters. The van der Waals surface area contributed by atoms with E-state index in [1.54, 1.807) is 6.92 Å². The molecule has 0 saturated carbocycles. The van der Waals surface area contributed by atoms with E-state index in [-0.39, 0.29) is 12.9 Å². The summed E-state index contributed by atoms with van der Waals surface area (Å²) < 4.78 is 9.72. The molecular weight excluding hydrogens is 124 g/mol. The summed E-state index contributed by atoms with van der Waals surface area (Å²) in [4.78, 5) is 0. The van der Waals surface area contributed by atoms with Crippen LogP contribution in [0.15, 0.2) is 0 Å². The van der Waals surface area contributed by atoms with Crippen LogP contribution in [0.25, 0.3) is 0 Å². The standard InChI is InChI=1S/C5H10O4/c1-3-8-5(9-3)4(7)2-6/h3-7H,2H2,1H3. The zero-order valence-electron chi connectivity index (χ0n) is 5.15. The van der Waals surface area contributed by atoms with Gasteiger partial charge >= 0.3 is 0 Å². The van der Waals surface area contributed by atoms with Gasteiger partial charge in [-0.2, -0.15) is 0 Å². The van der Waals surface area contributed by atoms with E-state index in [1.165, 1.54) is 0 Å². The normalized spacial score (nSPS) is 37.7. The van der Waals surface area contributed by atoms with Crippen LogP contribution >= 0.6 is 0 Å². The molecule has 0 spiro atoms. The monoisotopic (exact) mass is 134 g/mol. The summed E-state index contributed by atoms with van der Waals surface area (Å²) in [5, 5.41) is 17.1. The molecule has 9 heavy (non-hydrogen) atoms. The van der Waals surface area contributed by atoms with Gasteiger partial charge in [-0.1, -0.05) is 0 Å². The molecule has 1 rings (SSSR count). The van der Waals surface area contributed by atoms with Gasteiger partial charge in [0.2, 0.25) is 0 Å². The first-order valence-corrected chi connectivity index (χ1v) is 2.84. The average molecular weight is 134 g/mol. The molecule has 54 valence electrons. The quantitative estimate of drug-likeness (QED) is 0.511. The predicted molar refractivity (Wildman–Crippen MR) is 28.5 cm³/mol. The SMILES string of the molecule is CC1OC(C(O)CO)O1. The van der Waals surface area contributed by atoms with Crippen molar-refractivity contribution in [2.75, 3.05) is 6.61 Å². The van der Waals surface area contributed by atoms with Crippen molar-refractivity contribution in [3.05, 3.63) is 0 Å². The van der Waals surface area contributed by atoms with E-state index in [2.05, 4.69) is 0 Å². The number of hydrogen-bond donors (Lipinski definition) is 2. The maximum atomic E-state index is 8.80. The summed E-state index contributed by atoms with van der Waals surface area (Å²) in [5.74, 6) is 0. The number of rotatable bonds is 2. The Morgan fingerprint density at radius 2 is 2.11 bits per heavy atom. The Morgan fingerprint density at radius 3 is 2.44 bits per heavy atom. The Kier molecular flexibility index (Phi) is 2.02. The van der Waals surface area contributed by atoms with Gasteiger partial charge in [-0.05, 0) is 6.92 Å².